The SMILES string of the molecule is COC(=O)CC(NC(=O)OC(C)(C)C)c1ccc(-c2ccc(OCCOCCOCCOCCOCCN)c3ccccc23)cc1. The zero-order valence-corrected chi connectivity index (χ0v) is 27.4. The van der Waals surface area contributed by atoms with Gasteiger partial charge in [-0.15, -0.1) is 0 Å². The first kappa shape index (κ1) is 36.7. The second-order valence-electron chi connectivity index (χ2n) is 11.3. The smallest absolute Gasteiger partial charge is 0.408 e. The van der Waals surface area contributed by atoms with Crippen LogP contribution in [0.3, 0.4) is 0 Å². The van der Waals surface area contributed by atoms with Crippen molar-refractivity contribution in [1.29, 1.82) is 0 Å². The van der Waals surface area contributed by atoms with Crippen molar-refractivity contribution >= 4 is 22.8 Å². The summed E-state index contributed by atoms with van der Waals surface area (Å²) >= 11 is 0. The quantitative estimate of drug-likeness (QED) is 0.128. The molecule has 0 aliphatic heterocycles. The molecular formula is C35H48N2O9. The summed E-state index contributed by atoms with van der Waals surface area (Å²) < 4.78 is 38.2. The van der Waals surface area contributed by atoms with Crippen LogP contribution < -0.4 is 15.8 Å². The van der Waals surface area contributed by atoms with Gasteiger partial charge in [-0.25, -0.2) is 4.79 Å². The summed E-state index contributed by atoms with van der Waals surface area (Å²) in [5.41, 5.74) is 7.46. The van der Waals surface area contributed by atoms with E-state index in [4.69, 9.17) is 38.9 Å². The predicted octanol–water partition coefficient (Wildman–Crippen LogP) is 5.04. The van der Waals surface area contributed by atoms with Crippen LogP contribution in [0.4, 0.5) is 4.79 Å². The van der Waals surface area contributed by atoms with Gasteiger partial charge in [-0.2, -0.15) is 0 Å². The molecule has 11 heteroatoms. The van der Waals surface area contributed by atoms with Gasteiger partial charge in [-0.05, 0) is 48.9 Å². The Morgan fingerprint density at radius 3 is 1.87 bits per heavy atom. The van der Waals surface area contributed by atoms with Crippen molar-refractivity contribution in [2.24, 2.45) is 5.73 Å². The lowest BCUT2D eigenvalue weighted by atomic mass is 9.95. The number of rotatable bonds is 20. The van der Waals surface area contributed by atoms with Gasteiger partial charge in [-0.3, -0.25) is 4.79 Å². The molecule has 3 aromatic carbocycles. The van der Waals surface area contributed by atoms with Crippen molar-refractivity contribution in [3.05, 3.63) is 66.2 Å². The summed E-state index contributed by atoms with van der Waals surface area (Å²) in [6, 6.07) is 19.2. The van der Waals surface area contributed by atoms with Gasteiger partial charge >= 0.3 is 12.1 Å². The van der Waals surface area contributed by atoms with Gasteiger partial charge in [0.15, 0.2) is 0 Å². The number of esters is 1. The summed E-state index contributed by atoms with van der Waals surface area (Å²) in [6.45, 7) is 10.2. The first-order valence-electron chi connectivity index (χ1n) is 15.5. The van der Waals surface area contributed by atoms with E-state index in [1.807, 2.05) is 54.6 Å². The second-order valence-corrected chi connectivity index (χ2v) is 11.3. The largest absolute Gasteiger partial charge is 0.491 e. The number of alkyl carbamates (subject to hydrolysis) is 1. The summed E-state index contributed by atoms with van der Waals surface area (Å²) in [5.74, 6) is 0.329. The lowest BCUT2D eigenvalue weighted by molar-refractivity contribution is -0.141. The molecule has 0 aliphatic carbocycles. The van der Waals surface area contributed by atoms with Crippen LogP contribution in [-0.4, -0.2) is 90.8 Å². The number of nitrogens with one attached hydrogen (secondary N) is 1. The van der Waals surface area contributed by atoms with Gasteiger partial charge in [-0.1, -0.05) is 54.6 Å². The molecule has 0 fully saturated rings. The first-order chi connectivity index (χ1) is 22.2. The van der Waals surface area contributed by atoms with Gasteiger partial charge in [0.1, 0.15) is 18.0 Å². The minimum Gasteiger partial charge on any atom is -0.491 e. The standard InChI is InChI=1S/C35H48N2O9/c1-35(2,3)46-34(39)37-31(25-33(38)40-4)27-11-9-26(10-12-27)28-13-14-32(30-8-6-5-7-29(28)30)45-24-23-44-22-21-43-20-19-42-18-17-41-16-15-36/h5-14,31H,15-25,36H2,1-4H3,(H,37,39). The molecule has 0 aliphatic rings. The van der Waals surface area contributed by atoms with Gasteiger partial charge in [0.05, 0.1) is 72.4 Å². The van der Waals surface area contributed by atoms with Gasteiger partial charge in [0.2, 0.25) is 0 Å². The van der Waals surface area contributed by atoms with Crippen molar-refractivity contribution in [3.63, 3.8) is 0 Å². The Hall–Kier alpha value is -3.74. The molecule has 3 N–H and O–H groups in total. The van der Waals surface area contributed by atoms with Crippen molar-refractivity contribution in [3.8, 4) is 16.9 Å². The van der Waals surface area contributed by atoms with Gasteiger partial charge in [0, 0.05) is 11.9 Å². The molecule has 1 amide bonds. The highest BCUT2D eigenvalue weighted by molar-refractivity contribution is 6.00. The van der Waals surface area contributed by atoms with Crippen LogP contribution in [0, 0.1) is 0 Å². The fourth-order valence-electron chi connectivity index (χ4n) is 4.55. The monoisotopic (exact) mass is 640 g/mol. The van der Waals surface area contributed by atoms with Crippen LogP contribution in [0.25, 0.3) is 21.9 Å². The Balaban J connectivity index is 1.54. The maximum atomic E-state index is 12.5. The average molecular weight is 641 g/mol. The van der Waals surface area contributed by atoms with Crippen LogP contribution in [0.5, 0.6) is 5.75 Å². The fraction of sp³-hybridized carbons (Fsp3) is 0.486. The average Bonchev–Trinajstić information content (AvgIpc) is 3.03. The molecule has 252 valence electrons. The Bertz CT molecular complexity index is 1340. The molecule has 0 bridgehead atoms. The third kappa shape index (κ3) is 12.9. The van der Waals surface area contributed by atoms with Crippen LogP contribution in [0.2, 0.25) is 0 Å². The maximum absolute atomic E-state index is 12.5. The van der Waals surface area contributed by atoms with E-state index in [0.29, 0.717) is 66.0 Å². The topological polar surface area (TPSA) is 137 Å². The highest BCUT2D eigenvalue weighted by Crippen LogP contribution is 2.35. The Kier molecular flexibility index (Phi) is 15.7. The van der Waals surface area contributed by atoms with E-state index >= 15 is 0 Å². The lowest BCUT2D eigenvalue weighted by Gasteiger charge is -2.23. The molecule has 0 spiro atoms. The van der Waals surface area contributed by atoms with Crippen molar-refractivity contribution in [2.75, 3.05) is 73.1 Å². The fourth-order valence-corrected chi connectivity index (χ4v) is 4.55. The molecular weight excluding hydrogens is 592 g/mol. The number of hydrogen-bond donors (Lipinski definition) is 2. The predicted molar refractivity (Wildman–Crippen MR) is 176 cm³/mol. The molecule has 1 unspecified atom stereocenters. The highest BCUT2D eigenvalue weighted by atomic mass is 16.6. The molecule has 0 heterocycles. The second kappa shape index (κ2) is 19.7. The highest BCUT2D eigenvalue weighted by Gasteiger charge is 2.23. The number of nitrogens with two attached hydrogens (primary N) is 1. The number of fused-ring (bicyclic) bond motifs is 1. The molecule has 0 aromatic heterocycles. The Morgan fingerprint density at radius 2 is 1.30 bits per heavy atom. The summed E-state index contributed by atoms with van der Waals surface area (Å²) in [4.78, 5) is 24.6. The van der Waals surface area contributed by atoms with E-state index in [1.165, 1.54) is 7.11 Å². The normalized spacial score (nSPS) is 12.1. The van der Waals surface area contributed by atoms with Crippen molar-refractivity contribution in [1.82, 2.24) is 5.32 Å². The molecule has 1 atom stereocenters. The van der Waals surface area contributed by atoms with Crippen molar-refractivity contribution in [2.45, 2.75) is 38.8 Å². The Morgan fingerprint density at radius 1 is 0.739 bits per heavy atom. The minimum absolute atomic E-state index is 0.0256. The Labute approximate surface area is 271 Å². The third-order valence-electron chi connectivity index (χ3n) is 6.66. The number of carbonyl (C=O) groups is 2. The molecule has 3 rings (SSSR count). The van der Waals surface area contributed by atoms with E-state index in [9.17, 15) is 9.59 Å². The number of ether oxygens (including phenoxy) is 7. The number of carbonyl (C=O) groups excluding carboxylic acids is 2. The van der Waals surface area contributed by atoms with Crippen LogP contribution in [0.1, 0.15) is 38.8 Å². The molecule has 0 saturated carbocycles. The number of amides is 1. The van der Waals surface area contributed by atoms with E-state index in [2.05, 4.69) is 11.4 Å². The van der Waals surface area contributed by atoms with Gasteiger partial charge < -0.3 is 44.2 Å². The number of hydrogen-bond acceptors (Lipinski definition) is 10. The van der Waals surface area contributed by atoms with Crippen LogP contribution in [0.15, 0.2) is 60.7 Å². The van der Waals surface area contributed by atoms with Crippen LogP contribution in [-0.2, 0) is 33.2 Å². The zero-order valence-electron chi connectivity index (χ0n) is 27.4. The summed E-state index contributed by atoms with van der Waals surface area (Å²) in [7, 11) is 1.32. The van der Waals surface area contributed by atoms with Gasteiger partial charge in [0.25, 0.3) is 0 Å². The van der Waals surface area contributed by atoms with E-state index < -0.39 is 23.7 Å². The van der Waals surface area contributed by atoms with E-state index in [0.717, 1.165) is 33.2 Å². The molecule has 11 nitrogen and oxygen atoms in total. The summed E-state index contributed by atoms with van der Waals surface area (Å²) in [6.07, 6.45) is -0.629. The number of benzene rings is 3. The van der Waals surface area contributed by atoms with E-state index in [1.54, 1.807) is 20.8 Å². The summed E-state index contributed by atoms with van der Waals surface area (Å²) in [5, 5.41) is 4.81. The van der Waals surface area contributed by atoms with E-state index in [-0.39, 0.29) is 6.42 Å². The lowest BCUT2D eigenvalue weighted by Crippen LogP contribution is -2.35. The molecule has 46 heavy (non-hydrogen) atoms. The number of methoxy groups -OCH3 is 1. The minimum atomic E-state index is -0.667. The first-order valence-corrected chi connectivity index (χ1v) is 15.5. The van der Waals surface area contributed by atoms with Crippen molar-refractivity contribution < 1.29 is 42.7 Å². The zero-order chi connectivity index (χ0) is 33.2. The molecule has 0 saturated heterocycles. The molecule has 0 radical (unpaired) electrons. The third-order valence-corrected chi connectivity index (χ3v) is 6.66. The van der Waals surface area contributed by atoms with Crippen LogP contribution >= 0.6 is 0 Å². The molecule has 3 aromatic rings. The maximum Gasteiger partial charge on any atom is 0.408 e.